The lowest BCUT2D eigenvalue weighted by Crippen LogP contribution is -2.25. The quantitative estimate of drug-likeness (QED) is 0.520. The number of aromatic amines is 2. The maximum absolute atomic E-state index is 11.6. The van der Waals surface area contributed by atoms with E-state index in [0.717, 1.165) is 0 Å². The molecule has 24 heavy (non-hydrogen) atoms. The lowest BCUT2D eigenvalue weighted by molar-refractivity contribution is -0.386. The van der Waals surface area contributed by atoms with Gasteiger partial charge in [0.15, 0.2) is 11.5 Å². The molecule has 0 amide bonds. The first-order valence-corrected chi connectivity index (χ1v) is 7.47. The summed E-state index contributed by atoms with van der Waals surface area (Å²) in [5.41, 5.74) is -2.45. The summed E-state index contributed by atoms with van der Waals surface area (Å²) in [6, 6.07) is 2.91. The molecule has 2 rings (SSSR count). The number of hydrogen-bond donors (Lipinski definition) is 3. The zero-order valence-corrected chi connectivity index (χ0v) is 13.9. The molecule has 0 aliphatic carbocycles. The van der Waals surface area contributed by atoms with Gasteiger partial charge in [-0.25, -0.2) is 4.79 Å². The Morgan fingerprint density at radius 3 is 2.67 bits per heavy atom. The number of benzene rings is 1. The Balaban J connectivity index is 2.53. The highest BCUT2D eigenvalue weighted by molar-refractivity contribution is 9.10. The van der Waals surface area contributed by atoms with Gasteiger partial charge in [0.2, 0.25) is 0 Å². The van der Waals surface area contributed by atoms with Gasteiger partial charge in [-0.1, -0.05) is 22.0 Å². The van der Waals surface area contributed by atoms with Crippen LogP contribution in [0.4, 0.5) is 5.69 Å². The fourth-order valence-corrected chi connectivity index (χ4v) is 2.39. The van der Waals surface area contributed by atoms with E-state index in [2.05, 4.69) is 20.9 Å². The van der Waals surface area contributed by atoms with E-state index in [4.69, 9.17) is 4.74 Å². The van der Waals surface area contributed by atoms with Crippen molar-refractivity contribution in [2.75, 3.05) is 6.61 Å². The van der Waals surface area contributed by atoms with Crippen LogP contribution < -0.4 is 16.0 Å². The highest BCUT2D eigenvalue weighted by atomic mass is 79.9. The molecule has 0 unspecified atom stereocenters. The molecule has 0 bridgehead atoms. The summed E-state index contributed by atoms with van der Waals surface area (Å²) in [6.45, 7) is 2.09. The number of aromatic nitrogens is 2. The van der Waals surface area contributed by atoms with Gasteiger partial charge in [0, 0.05) is 4.47 Å². The van der Waals surface area contributed by atoms with Gasteiger partial charge in [-0.2, -0.15) is 0 Å². The fraction of sp³-hybridized carbons (Fsp3) is 0.143. The van der Waals surface area contributed by atoms with Crippen molar-refractivity contribution >= 4 is 33.8 Å². The molecule has 0 aliphatic heterocycles. The van der Waals surface area contributed by atoms with Crippen molar-refractivity contribution < 1.29 is 14.8 Å². The normalized spacial score (nSPS) is 10.9. The number of ether oxygens (including phenoxy) is 1. The highest BCUT2D eigenvalue weighted by Crippen LogP contribution is 2.33. The summed E-state index contributed by atoms with van der Waals surface area (Å²) in [5.74, 6) is 0.158. The smallest absolute Gasteiger partial charge is 0.357 e. The number of aromatic hydroxyl groups is 1. The highest BCUT2D eigenvalue weighted by Gasteiger charge is 2.19. The SMILES string of the molecule is CCOc1cc(/C=C/c2[nH]c(=O)[nH]c(=O)c2[N+](=O)[O-])c(Br)cc1O. The summed E-state index contributed by atoms with van der Waals surface area (Å²) >= 11 is 3.24. The number of hydrogen-bond acceptors (Lipinski definition) is 6. The Morgan fingerprint density at radius 1 is 1.33 bits per heavy atom. The van der Waals surface area contributed by atoms with Crippen LogP contribution >= 0.6 is 15.9 Å². The van der Waals surface area contributed by atoms with Crippen molar-refractivity contribution in [3.05, 3.63) is 58.8 Å². The Labute approximate surface area is 142 Å². The van der Waals surface area contributed by atoms with Gasteiger partial charge in [0.05, 0.1) is 11.5 Å². The van der Waals surface area contributed by atoms with Crippen LogP contribution in [-0.4, -0.2) is 26.6 Å². The number of halogens is 1. The average molecular weight is 398 g/mol. The Bertz CT molecular complexity index is 931. The second-order valence-corrected chi connectivity index (χ2v) is 5.39. The van der Waals surface area contributed by atoms with Crippen LogP contribution in [0.5, 0.6) is 11.5 Å². The first-order valence-electron chi connectivity index (χ1n) is 6.67. The van der Waals surface area contributed by atoms with Crippen LogP contribution in [0.1, 0.15) is 18.2 Å². The zero-order valence-electron chi connectivity index (χ0n) is 12.3. The number of phenols is 1. The van der Waals surface area contributed by atoms with Crippen LogP contribution in [0.15, 0.2) is 26.2 Å². The molecule has 0 aliphatic rings. The van der Waals surface area contributed by atoms with Gasteiger partial charge in [-0.05, 0) is 30.7 Å². The number of nitrogens with zero attached hydrogens (tertiary/aromatic N) is 1. The lowest BCUT2D eigenvalue weighted by atomic mass is 10.1. The number of rotatable bonds is 5. The molecule has 1 aromatic carbocycles. The van der Waals surface area contributed by atoms with E-state index in [1.807, 2.05) is 0 Å². The van der Waals surface area contributed by atoms with Crippen molar-refractivity contribution in [3.63, 3.8) is 0 Å². The van der Waals surface area contributed by atoms with Crippen molar-refractivity contribution in [2.24, 2.45) is 0 Å². The van der Waals surface area contributed by atoms with E-state index in [0.29, 0.717) is 16.6 Å². The van der Waals surface area contributed by atoms with E-state index in [1.54, 1.807) is 11.9 Å². The summed E-state index contributed by atoms with van der Waals surface area (Å²) in [4.78, 5) is 37.0. The Morgan fingerprint density at radius 2 is 2.04 bits per heavy atom. The largest absolute Gasteiger partial charge is 0.504 e. The molecule has 1 heterocycles. The molecule has 0 radical (unpaired) electrons. The van der Waals surface area contributed by atoms with Gasteiger partial charge in [-0.15, -0.1) is 0 Å². The number of nitro groups is 1. The van der Waals surface area contributed by atoms with Crippen molar-refractivity contribution in [1.29, 1.82) is 0 Å². The number of nitrogens with one attached hydrogen (secondary N) is 2. The number of phenolic OH excluding ortho intramolecular Hbond substituents is 1. The molecule has 0 fully saturated rings. The lowest BCUT2D eigenvalue weighted by Gasteiger charge is -2.08. The third-order valence-corrected chi connectivity index (χ3v) is 3.62. The monoisotopic (exact) mass is 397 g/mol. The molecule has 0 spiro atoms. The molecular weight excluding hydrogens is 386 g/mol. The minimum absolute atomic E-state index is 0.0728. The molecule has 3 N–H and O–H groups in total. The maximum atomic E-state index is 11.6. The molecule has 9 nitrogen and oxygen atoms in total. The second kappa shape index (κ2) is 7.13. The van der Waals surface area contributed by atoms with E-state index >= 15 is 0 Å². The van der Waals surface area contributed by atoms with Gasteiger partial charge < -0.3 is 14.8 Å². The molecular formula is C14H12BrN3O6. The third kappa shape index (κ3) is 3.71. The molecule has 0 atom stereocenters. The van der Waals surface area contributed by atoms with Crippen molar-refractivity contribution in [1.82, 2.24) is 9.97 Å². The molecule has 0 saturated heterocycles. The van der Waals surface area contributed by atoms with Crippen LogP contribution in [-0.2, 0) is 0 Å². The van der Waals surface area contributed by atoms with Gasteiger partial charge in [-0.3, -0.25) is 19.9 Å². The van der Waals surface area contributed by atoms with E-state index < -0.39 is 21.9 Å². The van der Waals surface area contributed by atoms with Crippen molar-refractivity contribution in [3.8, 4) is 11.5 Å². The predicted octanol–water partition coefficient (Wildman–Crippen LogP) is 2.01. The van der Waals surface area contributed by atoms with E-state index in [1.165, 1.54) is 24.3 Å². The van der Waals surface area contributed by atoms with Crippen LogP contribution in [0.2, 0.25) is 0 Å². The average Bonchev–Trinajstić information content (AvgIpc) is 2.47. The summed E-state index contributed by atoms with van der Waals surface area (Å²) in [5, 5.41) is 20.7. The Kier molecular flexibility index (Phi) is 5.19. The third-order valence-electron chi connectivity index (χ3n) is 2.94. The summed E-state index contributed by atoms with van der Waals surface area (Å²) in [6.07, 6.45) is 2.66. The van der Waals surface area contributed by atoms with E-state index in [-0.39, 0.29) is 17.2 Å². The van der Waals surface area contributed by atoms with E-state index in [9.17, 15) is 24.8 Å². The maximum Gasteiger partial charge on any atom is 0.357 e. The first-order chi connectivity index (χ1) is 11.3. The van der Waals surface area contributed by atoms with Gasteiger partial charge >= 0.3 is 16.9 Å². The second-order valence-electron chi connectivity index (χ2n) is 4.54. The van der Waals surface area contributed by atoms with Crippen LogP contribution in [0, 0.1) is 10.1 Å². The molecule has 0 saturated carbocycles. The predicted molar refractivity (Wildman–Crippen MR) is 90.2 cm³/mol. The number of H-pyrrole nitrogens is 2. The summed E-state index contributed by atoms with van der Waals surface area (Å²) < 4.78 is 5.75. The Hall–Kier alpha value is -2.88. The molecule has 2 aromatic rings. The fourth-order valence-electron chi connectivity index (χ4n) is 1.93. The van der Waals surface area contributed by atoms with Crippen LogP contribution in [0.3, 0.4) is 0 Å². The zero-order chi connectivity index (χ0) is 17.9. The van der Waals surface area contributed by atoms with Crippen molar-refractivity contribution in [2.45, 2.75) is 6.92 Å². The summed E-state index contributed by atoms with van der Waals surface area (Å²) in [7, 11) is 0. The molecule has 126 valence electrons. The topological polar surface area (TPSA) is 138 Å². The first kappa shape index (κ1) is 17.5. The molecule has 10 heteroatoms. The minimum atomic E-state index is -1.09. The van der Waals surface area contributed by atoms with Crippen LogP contribution in [0.25, 0.3) is 12.2 Å². The minimum Gasteiger partial charge on any atom is -0.504 e. The molecule has 1 aromatic heterocycles. The van der Waals surface area contributed by atoms with Gasteiger partial charge in [0.25, 0.3) is 0 Å². The standard InChI is InChI=1S/C14H12BrN3O6/c1-2-24-11-5-7(8(15)6-10(11)19)3-4-9-12(18(22)23)13(20)17-14(21)16-9/h3-6,19H,2H2,1H3,(H2,16,17,20,21)/b4-3+. The van der Waals surface area contributed by atoms with Gasteiger partial charge in [0.1, 0.15) is 5.69 Å².